The van der Waals surface area contributed by atoms with Crippen molar-refractivity contribution >= 4 is 32.3 Å². The summed E-state index contributed by atoms with van der Waals surface area (Å²) in [5.74, 6) is 0. The fourth-order valence-corrected chi connectivity index (χ4v) is 8.35. The van der Waals surface area contributed by atoms with E-state index in [-0.39, 0.29) is 0 Å². The van der Waals surface area contributed by atoms with Crippen LogP contribution in [-0.2, 0) is 0 Å². The highest BCUT2D eigenvalue weighted by Crippen LogP contribution is 2.47. The van der Waals surface area contributed by atoms with Crippen molar-refractivity contribution in [3.05, 3.63) is 218 Å². The Hall–Kier alpha value is -7.02. The molecule has 54 heavy (non-hydrogen) atoms. The van der Waals surface area contributed by atoms with E-state index in [0.29, 0.717) is 0 Å². The summed E-state index contributed by atoms with van der Waals surface area (Å²) in [5, 5.41) is 7.51. The Labute approximate surface area is 316 Å². The van der Waals surface area contributed by atoms with E-state index < -0.39 is 0 Å². The number of hydrogen-bond donors (Lipinski definition) is 0. The van der Waals surface area contributed by atoms with Crippen molar-refractivity contribution in [2.45, 2.75) is 0 Å². The molecule has 0 saturated heterocycles. The second-order valence-electron chi connectivity index (χ2n) is 14.0. The monoisotopic (exact) mass is 684 g/mol. The van der Waals surface area contributed by atoms with Gasteiger partial charge in [-0.1, -0.05) is 200 Å². The molecule has 0 fully saturated rings. The van der Waals surface area contributed by atoms with Crippen LogP contribution in [0.3, 0.4) is 0 Å². The first kappa shape index (κ1) is 31.7. The summed E-state index contributed by atoms with van der Waals surface area (Å²) >= 11 is 0. The minimum Gasteiger partial charge on any atom is -0.0622 e. The van der Waals surface area contributed by atoms with Gasteiger partial charge in [0.15, 0.2) is 0 Å². The summed E-state index contributed by atoms with van der Waals surface area (Å²) in [6.45, 7) is 0. The Balaban J connectivity index is 1.25. The van der Waals surface area contributed by atoms with Gasteiger partial charge >= 0.3 is 0 Å². The number of rotatable bonds is 6. The van der Waals surface area contributed by atoms with Crippen LogP contribution in [0.1, 0.15) is 0 Å². The van der Waals surface area contributed by atoms with Crippen molar-refractivity contribution in [2.24, 2.45) is 0 Å². The summed E-state index contributed by atoms with van der Waals surface area (Å²) in [6.07, 6.45) is 0. The lowest BCUT2D eigenvalue weighted by molar-refractivity contribution is 1.56. The second kappa shape index (κ2) is 13.5. The van der Waals surface area contributed by atoms with Gasteiger partial charge in [0, 0.05) is 0 Å². The average Bonchev–Trinajstić information content (AvgIpc) is 3.26. The SMILES string of the molecule is c1ccc(-c2cccc(-c3ccc(-c4c5ccccc5c(-c5ccccc5)c5ccccc45)cc3-c3ccccc3-c3ccc4ccccc4c3)c2)cc1. The maximum atomic E-state index is 2.45. The molecule has 10 aromatic rings. The van der Waals surface area contributed by atoms with Crippen molar-refractivity contribution in [1.29, 1.82) is 0 Å². The van der Waals surface area contributed by atoms with E-state index in [1.54, 1.807) is 0 Å². The first-order chi connectivity index (χ1) is 26.8. The Morgan fingerprint density at radius 1 is 0.185 bits per heavy atom. The molecule has 0 nitrogen and oxygen atoms in total. The topological polar surface area (TPSA) is 0 Å². The van der Waals surface area contributed by atoms with Gasteiger partial charge in [0.1, 0.15) is 0 Å². The van der Waals surface area contributed by atoms with Crippen molar-refractivity contribution in [2.75, 3.05) is 0 Å². The van der Waals surface area contributed by atoms with Crippen LogP contribution in [0.4, 0.5) is 0 Å². The van der Waals surface area contributed by atoms with Gasteiger partial charge < -0.3 is 0 Å². The molecule has 252 valence electrons. The molecule has 0 heterocycles. The molecule has 0 heteroatoms. The molecule has 0 unspecified atom stereocenters. The highest BCUT2D eigenvalue weighted by Gasteiger charge is 2.20. The van der Waals surface area contributed by atoms with Gasteiger partial charge in [-0.15, -0.1) is 0 Å². The third-order valence-corrected chi connectivity index (χ3v) is 10.9. The maximum absolute atomic E-state index is 2.45. The van der Waals surface area contributed by atoms with E-state index in [4.69, 9.17) is 0 Å². The van der Waals surface area contributed by atoms with Crippen LogP contribution in [0.15, 0.2) is 218 Å². The van der Waals surface area contributed by atoms with Crippen LogP contribution in [0.2, 0.25) is 0 Å². The minimum atomic E-state index is 1.19. The predicted octanol–water partition coefficient (Wildman–Crippen LogP) is 15.1. The lowest BCUT2D eigenvalue weighted by Crippen LogP contribution is -1.94. The highest BCUT2D eigenvalue weighted by molar-refractivity contribution is 6.21. The molecule has 0 atom stereocenters. The second-order valence-corrected chi connectivity index (χ2v) is 14.0. The Kier molecular flexibility index (Phi) is 7.93. The predicted molar refractivity (Wildman–Crippen MR) is 232 cm³/mol. The molecule has 0 aromatic heterocycles. The molecule has 0 aliphatic heterocycles. The number of benzene rings is 10. The summed E-state index contributed by atoms with van der Waals surface area (Å²) in [4.78, 5) is 0. The van der Waals surface area contributed by atoms with Crippen LogP contribution < -0.4 is 0 Å². The molecule has 0 bridgehead atoms. The van der Waals surface area contributed by atoms with Gasteiger partial charge in [-0.2, -0.15) is 0 Å². The molecule has 10 rings (SSSR count). The van der Waals surface area contributed by atoms with Crippen molar-refractivity contribution in [3.8, 4) is 66.8 Å². The minimum absolute atomic E-state index is 1.19. The van der Waals surface area contributed by atoms with Gasteiger partial charge in [0.2, 0.25) is 0 Å². The van der Waals surface area contributed by atoms with E-state index >= 15 is 0 Å². The first-order valence-electron chi connectivity index (χ1n) is 18.7. The quantitative estimate of drug-likeness (QED) is 0.153. The molecule has 0 aliphatic carbocycles. The van der Waals surface area contributed by atoms with Gasteiger partial charge in [-0.25, -0.2) is 0 Å². The largest absolute Gasteiger partial charge is 0.0622 e. The van der Waals surface area contributed by atoms with Crippen LogP contribution >= 0.6 is 0 Å². The van der Waals surface area contributed by atoms with Crippen LogP contribution in [0.25, 0.3) is 99.1 Å². The van der Waals surface area contributed by atoms with E-state index in [1.807, 2.05) is 0 Å². The first-order valence-corrected chi connectivity index (χ1v) is 18.7. The third-order valence-electron chi connectivity index (χ3n) is 10.9. The van der Waals surface area contributed by atoms with Crippen molar-refractivity contribution in [1.82, 2.24) is 0 Å². The van der Waals surface area contributed by atoms with Crippen LogP contribution in [0, 0.1) is 0 Å². The lowest BCUT2D eigenvalue weighted by atomic mass is 9.83. The van der Waals surface area contributed by atoms with Gasteiger partial charge in [0.25, 0.3) is 0 Å². The lowest BCUT2D eigenvalue weighted by Gasteiger charge is -2.20. The maximum Gasteiger partial charge on any atom is -0.00261 e. The van der Waals surface area contributed by atoms with E-state index in [1.165, 1.54) is 99.1 Å². The molecule has 0 spiro atoms. The highest BCUT2D eigenvalue weighted by atomic mass is 14.2. The van der Waals surface area contributed by atoms with Gasteiger partial charge in [-0.3, -0.25) is 0 Å². The normalized spacial score (nSPS) is 11.3. The molecule has 0 amide bonds. The summed E-state index contributed by atoms with van der Waals surface area (Å²) in [7, 11) is 0. The number of hydrogen-bond acceptors (Lipinski definition) is 0. The standard InChI is InChI=1S/C54H36/c1-3-16-37(17-4-1)41-22-15-23-42(34-41)46-33-32-44(36-52(46)47-25-10-9-24-45(47)43-31-30-38-18-7-8-21-40(38)35-43)54-50-28-13-11-26-48(50)53(39-19-5-2-6-20-39)49-27-12-14-29-51(49)54/h1-36H. The van der Waals surface area contributed by atoms with E-state index in [9.17, 15) is 0 Å². The molecule has 10 aromatic carbocycles. The Morgan fingerprint density at radius 2 is 0.648 bits per heavy atom. The van der Waals surface area contributed by atoms with E-state index in [2.05, 4.69) is 218 Å². The van der Waals surface area contributed by atoms with E-state index in [0.717, 1.165) is 0 Å². The zero-order chi connectivity index (χ0) is 35.8. The third kappa shape index (κ3) is 5.57. The Morgan fingerprint density at radius 3 is 1.33 bits per heavy atom. The van der Waals surface area contributed by atoms with Crippen LogP contribution in [0.5, 0.6) is 0 Å². The van der Waals surface area contributed by atoms with Crippen molar-refractivity contribution in [3.63, 3.8) is 0 Å². The molecular formula is C54H36. The fraction of sp³-hybridized carbons (Fsp3) is 0. The molecular weight excluding hydrogens is 649 g/mol. The smallest absolute Gasteiger partial charge is 0.00261 e. The fourth-order valence-electron chi connectivity index (χ4n) is 8.35. The summed E-state index contributed by atoms with van der Waals surface area (Å²) in [5.41, 5.74) is 14.6. The van der Waals surface area contributed by atoms with Crippen LogP contribution in [-0.4, -0.2) is 0 Å². The molecule has 0 radical (unpaired) electrons. The van der Waals surface area contributed by atoms with Gasteiger partial charge in [-0.05, 0) is 117 Å². The van der Waals surface area contributed by atoms with Gasteiger partial charge in [0.05, 0.1) is 0 Å². The van der Waals surface area contributed by atoms with Crippen molar-refractivity contribution < 1.29 is 0 Å². The molecule has 0 aliphatic rings. The Bertz CT molecular complexity index is 2910. The number of fused-ring (bicyclic) bond motifs is 3. The average molecular weight is 685 g/mol. The zero-order valence-corrected chi connectivity index (χ0v) is 29.8. The summed E-state index contributed by atoms with van der Waals surface area (Å²) < 4.78 is 0. The summed E-state index contributed by atoms with van der Waals surface area (Å²) in [6, 6.07) is 79.8. The zero-order valence-electron chi connectivity index (χ0n) is 29.8. The molecule has 0 saturated carbocycles. The molecule has 0 N–H and O–H groups in total.